The highest BCUT2D eigenvalue weighted by Crippen LogP contribution is 2.18. The average molecular weight is 270 g/mol. The molecule has 2 aromatic carbocycles. The first-order chi connectivity index (χ1) is 9.74. The van der Waals surface area contributed by atoms with Crippen LogP contribution in [0.5, 0.6) is 0 Å². The third-order valence-corrected chi connectivity index (χ3v) is 3.07. The van der Waals surface area contributed by atoms with E-state index in [0.29, 0.717) is 6.54 Å². The Morgan fingerprint density at radius 2 is 1.75 bits per heavy atom. The maximum atomic E-state index is 13.5. The van der Waals surface area contributed by atoms with Gasteiger partial charge in [-0.05, 0) is 24.3 Å². The minimum absolute atomic E-state index is 0.139. The quantitative estimate of drug-likeness (QED) is 0.774. The van der Waals surface area contributed by atoms with Gasteiger partial charge in [-0.15, -0.1) is 0 Å². The summed E-state index contributed by atoms with van der Waals surface area (Å²) in [5.74, 6) is -1.73. The summed E-state index contributed by atoms with van der Waals surface area (Å²) in [5.41, 5.74) is 1.79. The summed E-state index contributed by atoms with van der Waals surface area (Å²) in [7, 11) is 0. The molecule has 3 aromatic rings. The second kappa shape index (κ2) is 5.25. The van der Waals surface area contributed by atoms with Crippen molar-refractivity contribution >= 4 is 16.6 Å². The molecule has 0 aliphatic heterocycles. The van der Waals surface area contributed by atoms with E-state index in [2.05, 4.69) is 10.3 Å². The summed E-state index contributed by atoms with van der Waals surface area (Å²) in [5, 5.41) is 3.91. The molecule has 0 saturated carbocycles. The van der Waals surface area contributed by atoms with Crippen LogP contribution in [0.2, 0.25) is 0 Å². The van der Waals surface area contributed by atoms with Crippen LogP contribution in [0.25, 0.3) is 10.9 Å². The van der Waals surface area contributed by atoms with Crippen LogP contribution in [-0.2, 0) is 6.54 Å². The fraction of sp³-hybridized carbons (Fsp3) is 0.0625. The molecular formula is C16H12F2N2. The fourth-order valence-electron chi connectivity index (χ4n) is 2.03. The number of pyridine rings is 1. The summed E-state index contributed by atoms with van der Waals surface area (Å²) < 4.78 is 26.6. The standard InChI is InChI=1S/C16H12F2N2/c17-13-5-3-7-15(16(13)18)19-10-12-9-8-11-4-1-2-6-14(11)20-12/h1-9,19H,10H2. The molecule has 0 amide bonds. The first-order valence-corrected chi connectivity index (χ1v) is 6.26. The number of anilines is 1. The van der Waals surface area contributed by atoms with Gasteiger partial charge in [-0.3, -0.25) is 4.98 Å². The van der Waals surface area contributed by atoms with Crippen molar-refractivity contribution in [2.75, 3.05) is 5.32 Å². The van der Waals surface area contributed by atoms with Crippen molar-refractivity contribution in [3.05, 3.63) is 71.9 Å². The Hall–Kier alpha value is -2.49. The zero-order chi connectivity index (χ0) is 13.9. The highest BCUT2D eigenvalue weighted by atomic mass is 19.2. The first-order valence-electron chi connectivity index (χ1n) is 6.26. The van der Waals surface area contributed by atoms with E-state index in [4.69, 9.17) is 0 Å². The number of rotatable bonds is 3. The summed E-state index contributed by atoms with van der Waals surface area (Å²) in [4.78, 5) is 4.46. The topological polar surface area (TPSA) is 24.9 Å². The van der Waals surface area contributed by atoms with Crippen molar-refractivity contribution in [3.8, 4) is 0 Å². The van der Waals surface area contributed by atoms with Crippen LogP contribution in [0, 0.1) is 11.6 Å². The number of benzene rings is 2. The number of nitrogens with zero attached hydrogens (tertiary/aromatic N) is 1. The number of aromatic nitrogens is 1. The monoisotopic (exact) mass is 270 g/mol. The van der Waals surface area contributed by atoms with E-state index in [1.54, 1.807) is 0 Å². The van der Waals surface area contributed by atoms with Crippen molar-refractivity contribution in [2.24, 2.45) is 0 Å². The molecule has 1 aromatic heterocycles. The van der Waals surface area contributed by atoms with Crippen LogP contribution in [-0.4, -0.2) is 4.98 Å². The van der Waals surface area contributed by atoms with Gasteiger partial charge in [0.1, 0.15) is 0 Å². The molecule has 2 nitrogen and oxygen atoms in total. The second-order valence-corrected chi connectivity index (χ2v) is 4.45. The van der Waals surface area contributed by atoms with E-state index in [1.165, 1.54) is 12.1 Å². The molecular weight excluding hydrogens is 258 g/mol. The van der Waals surface area contributed by atoms with Gasteiger partial charge in [0.2, 0.25) is 0 Å². The van der Waals surface area contributed by atoms with Crippen molar-refractivity contribution < 1.29 is 8.78 Å². The Bertz CT molecular complexity index is 756. The third-order valence-electron chi connectivity index (χ3n) is 3.07. The lowest BCUT2D eigenvalue weighted by Gasteiger charge is -2.08. The molecule has 20 heavy (non-hydrogen) atoms. The van der Waals surface area contributed by atoms with Crippen LogP contribution < -0.4 is 5.32 Å². The summed E-state index contributed by atoms with van der Waals surface area (Å²) in [6.45, 7) is 0.338. The molecule has 0 radical (unpaired) electrons. The van der Waals surface area contributed by atoms with E-state index < -0.39 is 11.6 Å². The first kappa shape index (κ1) is 12.5. The Kier molecular flexibility index (Phi) is 3.29. The van der Waals surface area contributed by atoms with E-state index in [-0.39, 0.29) is 5.69 Å². The maximum absolute atomic E-state index is 13.5. The molecule has 4 heteroatoms. The lowest BCUT2D eigenvalue weighted by atomic mass is 10.2. The lowest BCUT2D eigenvalue weighted by Crippen LogP contribution is -2.04. The zero-order valence-corrected chi connectivity index (χ0v) is 10.6. The van der Waals surface area contributed by atoms with E-state index >= 15 is 0 Å². The van der Waals surface area contributed by atoms with Gasteiger partial charge in [0.05, 0.1) is 23.4 Å². The molecule has 0 atom stereocenters. The van der Waals surface area contributed by atoms with Crippen LogP contribution in [0.3, 0.4) is 0 Å². The third kappa shape index (κ3) is 2.45. The number of halogens is 2. The van der Waals surface area contributed by atoms with Gasteiger partial charge in [-0.1, -0.05) is 30.3 Å². The van der Waals surface area contributed by atoms with Gasteiger partial charge in [-0.2, -0.15) is 0 Å². The normalized spacial score (nSPS) is 10.7. The van der Waals surface area contributed by atoms with Gasteiger partial charge in [0, 0.05) is 5.39 Å². The van der Waals surface area contributed by atoms with Crippen molar-refractivity contribution in [2.45, 2.75) is 6.54 Å². The lowest BCUT2D eigenvalue weighted by molar-refractivity contribution is 0.511. The maximum Gasteiger partial charge on any atom is 0.181 e. The molecule has 0 unspecified atom stereocenters. The summed E-state index contributed by atoms with van der Waals surface area (Å²) in [6.07, 6.45) is 0. The smallest absolute Gasteiger partial charge is 0.181 e. The van der Waals surface area contributed by atoms with E-state index in [9.17, 15) is 8.78 Å². The minimum Gasteiger partial charge on any atom is -0.377 e. The molecule has 0 bridgehead atoms. The highest BCUT2D eigenvalue weighted by molar-refractivity contribution is 5.78. The molecule has 0 spiro atoms. The fourth-order valence-corrected chi connectivity index (χ4v) is 2.03. The van der Waals surface area contributed by atoms with E-state index in [0.717, 1.165) is 22.7 Å². The Morgan fingerprint density at radius 3 is 2.65 bits per heavy atom. The molecule has 0 saturated heterocycles. The molecule has 100 valence electrons. The number of para-hydroxylation sites is 1. The summed E-state index contributed by atoms with van der Waals surface area (Å²) >= 11 is 0. The van der Waals surface area contributed by atoms with Crippen LogP contribution in [0.15, 0.2) is 54.6 Å². The molecule has 1 heterocycles. The second-order valence-electron chi connectivity index (χ2n) is 4.45. The molecule has 1 N–H and O–H groups in total. The van der Waals surface area contributed by atoms with Crippen LogP contribution >= 0.6 is 0 Å². The number of hydrogen-bond acceptors (Lipinski definition) is 2. The van der Waals surface area contributed by atoms with Crippen LogP contribution in [0.4, 0.5) is 14.5 Å². The highest BCUT2D eigenvalue weighted by Gasteiger charge is 2.07. The van der Waals surface area contributed by atoms with Gasteiger partial charge in [-0.25, -0.2) is 8.78 Å². The van der Waals surface area contributed by atoms with Crippen LogP contribution in [0.1, 0.15) is 5.69 Å². The predicted molar refractivity (Wildman–Crippen MR) is 75.4 cm³/mol. The molecule has 3 rings (SSSR count). The Morgan fingerprint density at radius 1 is 0.900 bits per heavy atom. The Labute approximate surface area is 115 Å². The van der Waals surface area contributed by atoms with Gasteiger partial charge in [0.15, 0.2) is 11.6 Å². The number of nitrogens with one attached hydrogen (secondary N) is 1. The van der Waals surface area contributed by atoms with Gasteiger partial charge < -0.3 is 5.32 Å². The predicted octanol–water partition coefficient (Wildman–Crippen LogP) is 4.13. The van der Waals surface area contributed by atoms with E-state index in [1.807, 2.05) is 36.4 Å². The zero-order valence-electron chi connectivity index (χ0n) is 10.6. The molecule has 0 aliphatic carbocycles. The largest absolute Gasteiger partial charge is 0.377 e. The molecule has 0 aliphatic rings. The van der Waals surface area contributed by atoms with Crippen molar-refractivity contribution in [1.29, 1.82) is 0 Å². The van der Waals surface area contributed by atoms with Crippen molar-refractivity contribution in [1.82, 2.24) is 4.98 Å². The molecule has 0 fully saturated rings. The number of fused-ring (bicyclic) bond motifs is 1. The van der Waals surface area contributed by atoms with Gasteiger partial charge in [0.25, 0.3) is 0 Å². The SMILES string of the molecule is Fc1cccc(NCc2ccc3ccccc3n2)c1F. The number of hydrogen-bond donors (Lipinski definition) is 1. The van der Waals surface area contributed by atoms with Gasteiger partial charge >= 0.3 is 0 Å². The Balaban J connectivity index is 1.81. The van der Waals surface area contributed by atoms with Crippen molar-refractivity contribution in [3.63, 3.8) is 0 Å². The minimum atomic E-state index is -0.867. The average Bonchev–Trinajstić information content (AvgIpc) is 2.48. The summed E-state index contributed by atoms with van der Waals surface area (Å²) in [6, 6.07) is 15.6.